The maximum absolute atomic E-state index is 10.8. The van der Waals surface area contributed by atoms with Gasteiger partial charge in [-0.15, -0.1) is 0 Å². The molecule has 0 unspecified atom stereocenters. The van der Waals surface area contributed by atoms with Crippen molar-refractivity contribution in [3.05, 3.63) is 0 Å². The molecule has 58 valence electrons. The van der Waals surface area contributed by atoms with Gasteiger partial charge in [-0.25, -0.2) is 0 Å². The Hall–Kier alpha value is 0.454. The molecular formula is C4H12O3PSi2+. The number of hydrogen-bond donors (Lipinski definition) is 0. The van der Waals surface area contributed by atoms with E-state index in [-0.39, 0.29) is 0 Å². The van der Waals surface area contributed by atoms with Crippen LogP contribution in [0.5, 0.6) is 0 Å². The third-order valence-corrected chi connectivity index (χ3v) is 20.1. The van der Waals surface area contributed by atoms with Crippen molar-refractivity contribution in [1.82, 2.24) is 0 Å². The van der Waals surface area contributed by atoms with E-state index in [1.165, 1.54) is 0 Å². The van der Waals surface area contributed by atoms with E-state index in [1.54, 1.807) is 0 Å². The van der Waals surface area contributed by atoms with Crippen molar-refractivity contribution in [2.75, 3.05) is 0 Å². The lowest BCUT2D eigenvalue weighted by atomic mass is 11.9. The van der Waals surface area contributed by atoms with Crippen molar-refractivity contribution in [2.24, 2.45) is 0 Å². The predicted octanol–water partition coefficient (Wildman–Crippen LogP) is 2.18. The van der Waals surface area contributed by atoms with Crippen molar-refractivity contribution in [2.45, 2.75) is 26.2 Å². The van der Waals surface area contributed by atoms with Crippen molar-refractivity contribution in [3.8, 4) is 0 Å². The average molecular weight is 195 g/mol. The van der Waals surface area contributed by atoms with E-state index in [0.29, 0.717) is 0 Å². The van der Waals surface area contributed by atoms with Gasteiger partial charge in [0.2, 0.25) is 0 Å². The van der Waals surface area contributed by atoms with Gasteiger partial charge in [0.1, 0.15) is 0 Å². The van der Waals surface area contributed by atoms with E-state index >= 15 is 0 Å². The van der Waals surface area contributed by atoms with E-state index < -0.39 is 23.9 Å². The largest absolute Gasteiger partial charge is 0.672 e. The van der Waals surface area contributed by atoms with Crippen LogP contribution in [0.4, 0.5) is 0 Å². The first-order valence-corrected chi connectivity index (χ1v) is 11.1. The third-order valence-electron chi connectivity index (χ3n) is 2.06. The van der Waals surface area contributed by atoms with Crippen LogP contribution in [0.25, 0.3) is 0 Å². The quantitative estimate of drug-likeness (QED) is 0.439. The Kier molecular flexibility index (Phi) is 1.90. The van der Waals surface area contributed by atoms with Gasteiger partial charge >= 0.3 is 8.25 Å². The molecule has 0 aliphatic carbocycles. The molecule has 0 spiro atoms. The fourth-order valence-corrected chi connectivity index (χ4v) is 11.1. The molecule has 0 aromatic heterocycles. The minimum Gasteiger partial charge on any atom is -0.177 e. The van der Waals surface area contributed by atoms with Crippen molar-refractivity contribution < 1.29 is 13.0 Å². The Balaban J connectivity index is 2.88. The molecule has 0 aromatic rings. The maximum Gasteiger partial charge on any atom is 0.672 e. The molecule has 1 aliphatic rings. The van der Waals surface area contributed by atoms with Crippen molar-refractivity contribution in [3.63, 3.8) is 0 Å². The molecule has 3 nitrogen and oxygen atoms in total. The highest BCUT2D eigenvalue weighted by atomic mass is 31.1. The molecule has 1 saturated heterocycles. The SMILES string of the molecule is C[Si]1(C)O[P+](=O)O[Si]1(C)C. The van der Waals surface area contributed by atoms with Crippen LogP contribution in [0.2, 0.25) is 26.2 Å². The van der Waals surface area contributed by atoms with Gasteiger partial charge in [-0.3, -0.25) is 0 Å². The summed E-state index contributed by atoms with van der Waals surface area (Å²) in [7, 11) is -5.16. The fourth-order valence-electron chi connectivity index (χ4n) is 0.611. The van der Waals surface area contributed by atoms with Crippen LogP contribution in [-0.4, -0.2) is 15.7 Å². The van der Waals surface area contributed by atoms with Gasteiger partial charge in [-0.1, -0.05) is 0 Å². The van der Waals surface area contributed by atoms with E-state index in [4.69, 9.17) is 8.43 Å². The first kappa shape index (κ1) is 8.55. The molecular weight excluding hydrogens is 183 g/mol. The highest BCUT2D eigenvalue weighted by Gasteiger charge is 2.64. The molecule has 0 aromatic carbocycles. The summed E-state index contributed by atoms with van der Waals surface area (Å²) in [6, 6.07) is 0. The van der Waals surface area contributed by atoms with Crippen molar-refractivity contribution >= 4 is 23.9 Å². The first-order valence-electron chi connectivity index (χ1n) is 3.21. The topological polar surface area (TPSA) is 35.5 Å². The second-order valence-corrected chi connectivity index (χ2v) is 18.6. The monoisotopic (exact) mass is 195 g/mol. The van der Waals surface area contributed by atoms with Crippen LogP contribution in [0.3, 0.4) is 0 Å². The van der Waals surface area contributed by atoms with Gasteiger partial charge in [0.15, 0.2) is 0 Å². The Morgan fingerprint density at radius 2 is 1.30 bits per heavy atom. The molecule has 1 heterocycles. The zero-order chi connectivity index (χ0) is 7.99. The first-order chi connectivity index (χ1) is 4.35. The van der Waals surface area contributed by atoms with Crippen LogP contribution < -0.4 is 0 Å². The van der Waals surface area contributed by atoms with E-state index in [0.717, 1.165) is 0 Å². The van der Waals surface area contributed by atoms with Gasteiger partial charge in [-0.05, 0) is 26.2 Å². The van der Waals surface area contributed by atoms with Crippen LogP contribution in [0.15, 0.2) is 0 Å². The lowest BCUT2D eigenvalue weighted by Crippen LogP contribution is -2.52. The minimum atomic E-state index is -1.77. The molecule has 1 rings (SSSR count). The van der Waals surface area contributed by atoms with Crippen molar-refractivity contribution in [1.29, 1.82) is 0 Å². The summed E-state index contributed by atoms with van der Waals surface area (Å²) < 4.78 is 21.4. The Morgan fingerprint density at radius 3 is 1.40 bits per heavy atom. The zero-order valence-electron chi connectivity index (χ0n) is 6.67. The summed E-state index contributed by atoms with van der Waals surface area (Å²) in [6.07, 6.45) is 0. The molecule has 0 amide bonds. The Labute approximate surface area is 63.7 Å². The number of rotatable bonds is 0. The van der Waals surface area contributed by atoms with Gasteiger partial charge in [0.25, 0.3) is 15.7 Å². The van der Waals surface area contributed by atoms with Gasteiger partial charge in [0.05, 0.1) is 0 Å². The Morgan fingerprint density at radius 1 is 1.00 bits per heavy atom. The zero-order valence-corrected chi connectivity index (χ0v) is 9.57. The summed E-state index contributed by atoms with van der Waals surface area (Å²) in [6.45, 7) is 8.28. The fraction of sp³-hybridized carbons (Fsp3) is 1.00. The normalized spacial score (nSPS) is 29.0. The van der Waals surface area contributed by atoms with Gasteiger partial charge < -0.3 is 0 Å². The lowest BCUT2D eigenvalue weighted by Gasteiger charge is -2.16. The molecule has 6 heteroatoms. The number of hydrogen-bond acceptors (Lipinski definition) is 3. The second-order valence-electron chi connectivity index (χ2n) is 3.43. The van der Waals surface area contributed by atoms with Crippen LogP contribution in [-0.2, 0) is 13.0 Å². The lowest BCUT2D eigenvalue weighted by molar-refractivity contribution is 0.448. The van der Waals surface area contributed by atoms with E-state index in [1.807, 2.05) is 0 Å². The highest BCUT2D eigenvalue weighted by molar-refractivity contribution is 7.54. The second kappa shape index (κ2) is 2.22. The summed E-state index contributed by atoms with van der Waals surface area (Å²) in [4.78, 5) is 0. The average Bonchev–Trinajstić information content (AvgIpc) is 1.73. The summed E-state index contributed by atoms with van der Waals surface area (Å²) in [5.74, 6) is 0. The van der Waals surface area contributed by atoms with E-state index in [9.17, 15) is 4.57 Å². The minimum absolute atomic E-state index is 1.70. The summed E-state index contributed by atoms with van der Waals surface area (Å²) in [5.41, 5.74) is 0. The van der Waals surface area contributed by atoms with Gasteiger partial charge in [-0.2, -0.15) is 8.43 Å². The molecule has 0 radical (unpaired) electrons. The molecule has 1 aliphatic heterocycles. The maximum atomic E-state index is 10.8. The predicted molar refractivity (Wildman–Crippen MR) is 44.7 cm³/mol. The van der Waals surface area contributed by atoms with Gasteiger partial charge in [0, 0.05) is 4.57 Å². The third kappa shape index (κ3) is 1.24. The molecule has 0 saturated carbocycles. The standard InChI is InChI=1S/C4H12O3PSi2/c1-9(2)6-8(5)7-10(9,3)4/h1-4H3/q+1. The molecule has 10 heavy (non-hydrogen) atoms. The molecule has 0 bridgehead atoms. The van der Waals surface area contributed by atoms with Crippen LogP contribution in [0, 0.1) is 0 Å². The highest BCUT2D eigenvalue weighted by Crippen LogP contribution is 2.45. The summed E-state index contributed by atoms with van der Waals surface area (Å²) >= 11 is 0. The van der Waals surface area contributed by atoms with Crippen LogP contribution in [0.1, 0.15) is 0 Å². The summed E-state index contributed by atoms with van der Waals surface area (Å²) in [5, 5.41) is 0. The molecule has 0 atom stereocenters. The van der Waals surface area contributed by atoms with Crippen LogP contribution >= 0.6 is 8.25 Å². The smallest absolute Gasteiger partial charge is 0.177 e. The molecule has 0 N–H and O–H groups in total. The van der Waals surface area contributed by atoms with E-state index in [2.05, 4.69) is 26.2 Å². The molecule has 1 fully saturated rings. The Bertz CT molecular complexity index is 161.